The van der Waals surface area contributed by atoms with Crippen molar-refractivity contribution in [3.8, 4) is 0 Å². The lowest BCUT2D eigenvalue weighted by atomic mass is 10.8. The molecule has 2 nitrogen and oxygen atoms in total. The zero-order valence-corrected chi connectivity index (χ0v) is 7.44. The molecular weight excluding hydrogens is 224 g/mol. The molecule has 0 heterocycles. The lowest BCUT2D eigenvalue weighted by Gasteiger charge is -2.06. The van der Waals surface area contributed by atoms with Crippen LogP contribution >= 0.6 is 26.8 Å². The number of halogens is 1. The predicted octanol–water partition coefficient (Wildman–Crippen LogP) is 1.63. The number of nitrogens with two attached hydrogens (primary N) is 1. The Kier molecular flexibility index (Phi) is 2.79. The van der Waals surface area contributed by atoms with Crippen LogP contribution in [0.15, 0.2) is 0 Å². The van der Waals surface area contributed by atoms with Crippen molar-refractivity contribution in [2.24, 2.45) is 5.73 Å². The van der Waals surface area contributed by atoms with E-state index in [-0.39, 0.29) is 5.78 Å². The Balaban J connectivity index is 3.80. The van der Waals surface area contributed by atoms with Crippen LogP contribution in [0.4, 0.5) is 0 Å². The summed E-state index contributed by atoms with van der Waals surface area (Å²) in [6.07, 6.45) is 0. The maximum absolute atomic E-state index is 10.8. The van der Waals surface area contributed by atoms with E-state index >= 15 is 0 Å². The summed E-state index contributed by atoms with van der Waals surface area (Å²) in [5.74, 6) is -0.159. The van der Waals surface area contributed by atoms with Gasteiger partial charge in [0.1, 0.15) is 0 Å². The zero-order chi connectivity index (χ0) is 6.08. The fourth-order valence-electron chi connectivity index (χ4n) is 0. The topological polar surface area (TPSA) is 43.1 Å². The van der Waals surface area contributed by atoms with Crippen molar-refractivity contribution in [3.63, 3.8) is 0 Å². The smallest absolute Gasteiger partial charge is 0.155 e. The van der Waals surface area contributed by atoms with Crippen LogP contribution in [0.5, 0.6) is 0 Å². The first kappa shape index (κ1) is 7.92. The van der Waals surface area contributed by atoms with Crippen LogP contribution in [0.2, 0.25) is 0 Å². The molecule has 4 heteroatoms. The van der Waals surface area contributed by atoms with Gasteiger partial charge in [-0.1, -0.05) is 0 Å². The fourth-order valence-corrected chi connectivity index (χ4v) is 0. The average Bonchev–Trinajstić information content (AvgIpc) is 1.31. The SMILES string of the molecule is CC(N)P(C)(=O)I. The van der Waals surface area contributed by atoms with Gasteiger partial charge in [0, 0.05) is 0 Å². The van der Waals surface area contributed by atoms with Crippen molar-refractivity contribution < 1.29 is 4.57 Å². The maximum Gasteiger partial charge on any atom is 0.155 e. The molecule has 0 amide bonds. The molecule has 0 fully saturated rings. The van der Waals surface area contributed by atoms with Gasteiger partial charge in [0.2, 0.25) is 0 Å². The Morgan fingerprint density at radius 1 is 1.86 bits per heavy atom. The highest BCUT2D eigenvalue weighted by atomic mass is 127. The third-order valence-electron chi connectivity index (χ3n) is 0.727. The first-order valence-electron chi connectivity index (χ1n) is 1.97. The lowest BCUT2D eigenvalue weighted by Crippen LogP contribution is -2.11. The second-order valence-corrected chi connectivity index (χ2v) is 9.95. The van der Waals surface area contributed by atoms with Gasteiger partial charge in [0.05, 0.1) is 5.78 Å². The average molecular weight is 233 g/mol. The largest absolute Gasteiger partial charge is 0.321 e. The van der Waals surface area contributed by atoms with Gasteiger partial charge in [0.15, 0.2) is 4.78 Å². The summed E-state index contributed by atoms with van der Waals surface area (Å²) < 4.78 is 10.8. The van der Waals surface area contributed by atoms with Crippen molar-refractivity contribution in [1.29, 1.82) is 0 Å². The van der Waals surface area contributed by atoms with E-state index in [4.69, 9.17) is 5.73 Å². The molecule has 7 heavy (non-hydrogen) atoms. The van der Waals surface area contributed by atoms with Gasteiger partial charge in [-0.15, -0.1) is 0 Å². The quantitative estimate of drug-likeness (QED) is 0.552. The van der Waals surface area contributed by atoms with Gasteiger partial charge in [-0.05, 0) is 35.6 Å². The van der Waals surface area contributed by atoms with Gasteiger partial charge in [-0.3, -0.25) is 0 Å². The van der Waals surface area contributed by atoms with E-state index in [9.17, 15) is 4.57 Å². The van der Waals surface area contributed by atoms with E-state index in [1.54, 1.807) is 13.6 Å². The summed E-state index contributed by atoms with van der Waals surface area (Å²) in [6.45, 7) is 3.44. The summed E-state index contributed by atoms with van der Waals surface area (Å²) in [6, 6.07) is 0. The molecule has 0 spiro atoms. The highest BCUT2D eigenvalue weighted by Gasteiger charge is 2.13. The number of hydrogen-bond acceptors (Lipinski definition) is 2. The standard InChI is InChI=1S/C3H9INOP/c1-3(5)7(2,4)6/h3H,5H2,1-2H3. The van der Waals surface area contributed by atoms with Crippen LogP contribution in [-0.2, 0) is 4.57 Å². The summed E-state index contributed by atoms with van der Waals surface area (Å²) in [4.78, 5) is -1.99. The Morgan fingerprint density at radius 3 is 2.00 bits per heavy atom. The summed E-state index contributed by atoms with van der Waals surface area (Å²) >= 11 is 1.90. The van der Waals surface area contributed by atoms with Crippen LogP contribution in [0.3, 0.4) is 0 Å². The molecule has 0 aliphatic rings. The molecule has 0 aliphatic heterocycles. The summed E-state index contributed by atoms with van der Waals surface area (Å²) in [5, 5.41) is 0. The number of hydrogen-bond donors (Lipinski definition) is 1. The summed E-state index contributed by atoms with van der Waals surface area (Å²) in [5.41, 5.74) is 5.30. The first-order valence-corrected chi connectivity index (χ1v) is 6.98. The van der Waals surface area contributed by atoms with Crippen LogP contribution in [0.25, 0.3) is 0 Å². The van der Waals surface area contributed by atoms with E-state index in [1.165, 1.54) is 0 Å². The Hall–Kier alpha value is 0.920. The van der Waals surface area contributed by atoms with Crippen LogP contribution in [-0.4, -0.2) is 12.4 Å². The lowest BCUT2D eigenvalue weighted by molar-refractivity contribution is 0.583. The number of rotatable bonds is 1. The molecule has 0 aromatic heterocycles. The molecule has 0 bridgehead atoms. The monoisotopic (exact) mass is 233 g/mol. The van der Waals surface area contributed by atoms with E-state index in [1.807, 2.05) is 22.0 Å². The minimum Gasteiger partial charge on any atom is -0.321 e. The Morgan fingerprint density at radius 2 is 2.00 bits per heavy atom. The second kappa shape index (κ2) is 2.46. The van der Waals surface area contributed by atoms with Gasteiger partial charge in [-0.2, -0.15) is 0 Å². The molecule has 0 aromatic carbocycles. The van der Waals surface area contributed by atoms with Gasteiger partial charge < -0.3 is 10.3 Å². The molecular formula is C3H9INOP. The van der Waals surface area contributed by atoms with Crippen molar-refractivity contribution in [2.45, 2.75) is 12.7 Å². The van der Waals surface area contributed by atoms with Gasteiger partial charge in [-0.25, -0.2) is 0 Å². The first-order chi connectivity index (χ1) is 2.94. The van der Waals surface area contributed by atoms with Crippen molar-refractivity contribution in [2.75, 3.05) is 6.66 Å². The van der Waals surface area contributed by atoms with E-state index in [0.717, 1.165) is 0 Å². The van der Waals surface area contributed by atoms with Crippen molar-refractivity contribution >= 4 is 26.8 Å². The van der Waals surface area contributed by atoms with Crippen LogP contribution in [0.1, 0.15) is 6.92 Å². The molecule has 0 radical (unpaired) electrons. The molecule has 0 saturated carbocycles. The molecule has 2 N–H and O–H groups in total. The predicted molar refractivity (Wildman–Crippen MR) is 41.2 cm³/mol. The third kappa shape index (κ3) is 3.50. The molecule has 0 aliphatic carbocycles. The minimum absolute atomic E-state index is 0.159. The highest BCUT2D eigenvalue weighted by Crippen LogP contribution is 2.52. The molecule has 0 rings (SSSR count). The van der Waals surface area contributed by atoms with Gasteiger partial charge >= 0.3 is 0 Å². The zero-order valence-electron chi connectivity index (χ0n) is 4.39. The maximum atomic E-state index is 10.8. The molecule has 44 valence electrons. The van der Waals surface area contributed by atoms with Crippen molar-refractivity contribution in [1.82, 2.24) is 0 Å². The minimum atomic E-state index is -1.99. The van der Waals surface area contributed by atoms with Crippen molar-refractivity contribution in [3.05, 3.63) is 0 Å². The fraction of sp³-hybridized carbons (Fsp3) is 1.00. The summed E-state index contributed by atoms with van der Waals surface area (Å²) in [7, 11) is 0. The second-order valence-electron chi connectivity index (χ2n) is 1.62. The highest BCUT2D eigenvalue weighted by molar-refractivity contribution is 14.2. The van der Waals surface area contributed by atoms with E-state index < -0.39 is 4.78 Å². The third-order valence-corrected chi connectivity index (χ3v) is 4.82. The Bertz CT molecular complexity index is 97.1. The molecule has 2 atom stereocenters. The normalized spacial score (nSPS) is 23.4. The van der Waals surface area contributed by atoms with Gasteiger partial charge in [0.25, 0.3) is 0 Å². The van der Waals surface area contributed by atoms with Crippen LogP contribution < -0.4 is 5.73 Å². The molecule has 0 saturated heterocycles. The van der Waals surface area contributed by atoms with E-state index in [0.29, 0.717) is 0 Å². The van der Waals surface area contributed by atoms with E-state index in [2.05, 4.69) is 0 Å². The molecule has 2 unspecified atom stereocenters. The molecule has 0 aromatic rings. The van der Waals surface area contributed by atoms with Crippen LogP contribution in [0, 0.1) is 0 Å². The Labute approximate surface area is 56.7 Å².